The van der Waals surface area contributed by atoms with Crippen LogP contribution in [0.5, 0.6) is 0 Å². The van der Waals surface area contributed by atoms with E-state index < -0.39 is 26.1 Å². The van der Waals surface area contributed by atoms with Crippen LogP contribution in [0.15, 0.2) is 104 Å². The third-order valence-electron chi connectivity index (χ3n) is 8.12. The molecular weight excluding hydrogens is 552 g/mol. The van der Waals surface area contributed by atoms with Crippen molar-refractivity contribution in [1.82, 2.24) is 9.96 Å². The van der Waals surface area contributed by atoms with Crippen molar-refractivity contribution in [3.05, 3.63) is 109 Å². The first-order valence-corrected chi connectivity index (χ1v) is 17.2. The first kappa shape index (κ1) is 32.7. The van der Waals surface area contributed by atoms with Crippen molar-refractivity contribution in [2.45, 2.75) is 89.8 Å². The number of hydrogen-bond acceptors (Lipinski definition) is 5. The lowest BCUT2D eigenvalue weighted by Crippen LogP contribution is -2.67. The lowest BCUT2D eigenvalue weighted by Gasteiger charge is -2.44. The normalized spacial score (nSPS) is 18.5. The number of carbonyl (C=O) groups is 1. The molecule has 0 radical (unpaired) electrons. The molecule has 230 valence electrons. The average Bonchev–Trinajstić information content (AvgIpc) is 3.38. The summed E-state index contributed by atoms with van der Waals surface area (Å²) in [5, 5.41) is 15.0. The summed E-state index contributed by atoms with van der Waals surface area (Å²) in [6.45, 7) is 17.1. The summed E-state index contributed by atoms with van der Waals surface area (Å²) in [4.78, 5) is 15.5. The molecule has 6 nitrogen and oxygen atoms in total. The molecule has 0 unspecified atom stereocenters. The predicted molar refractivity (Wildman–Crippen MR) is 176 cm³/mol. The Morgan fingerprint density at radius 2 is 1.47 bits per heavy atom. The van der Waals surface area contributed by atoms with Crippen molar-refractivity contribution in [2.24, 2.45) is 0 Å². The molecule has 1 heterocycles. The van der Waals surface area contributed by atoms with Crippen LogP contribution in [-0.2, 0) is 15.7 Å². The van der Waals surface area contributed by atoms with Gasteiger partial charge in [0.05, 0.1) is 18.2 Å². The fourth-order valence-electron chi connectivity index (χ4n) is 6.28. The number of benzene rings is 3. The third-order valence-corrected chi connectivity index (χ3v) is 13.2. The van der Waals surface area contributed by atoms with Gasteiger partial charge in [0, 0.05) is 13.1 Å². The van der Waals surface area contributed by atoms with E-state index in [4.69, 9.17) is 9.16 Å². The quantitative estimate of drug-likeness (QED) is 0.158. The van der Waals surface area contributed by atoms with Gasteiger partial charge >= 0.3 is 6.09 Å². The summed E-state index contributed by atoms with van der Waals surface area (Å²) in [6.07, 6.45) is 2.21. The topological polar surface area (TPSA) is 62.2 Å². The Bertz CT molecular complexity index is 1280. The second kappa shape index (κ2) is 13.6. The molecule has 1 fully saturated rings. The number of rotatable bonds is 10. The van der Waals surface area contributed by atoms with Crippen LogP contribution < -0.4 is 10.4 Å². The lowest BCUT2D eigenvalue weighted by molar-refractivity contribution is -0.149. The zero-order valence-electron chi connectivity index (χ0n) is 26.6. The highest BCUT2D eigenvalue weighted by atomic mass is 28.4. The maximum absolute atomic E-state index is 13.7. The molecule has 0 spiro atoms. The second-order valence-corrected chi connectivity index (χ2v) is 17.8. The van der Waals surface area contributed by atoms with Crippen LogP contribution in [0.2, 0.25) is 5.04 Å². The molecule has 3 aromatic carbocycles. The Morgan fingerprint density at radius 3 is 1.93 bits per heavy atom. The third kappa shape index (κ3) is 7.65. The van der Waals surface area contributed by atoms with Gasteiger partial charge in [0.1, 0.15) is 5.60 Å². The van der Waals surface area contributed by atoms with Crippen molar-refractivity contribution < 1.29 is 19.2 Å². The second-order valence-electron chi connectivity index (χ2n) is 13.5. The van der Waals surface area contributed by atoms with Gasteiger partial charge in [0.15, 0.2) is 0 Å². The van der Waals surface area contributed by atoms with Crippen LogP contribution in [0.3, 0.4) is 0 Å². The zero-order chi connectivity index (χ0) is 31.3. The fourth-order valence-corrected chi connectivity index (χ4v) is 11.0. The summed E-state index contributed by atoms with van der Waals surface area (Å²) in [6, 6.07) is 30.2. The smallest absolute Gasteiger partial charge is 0.410 e. The van der Waals surface area contributed by atoms with Gasteiger partial charge in [-0.25, -0.2) is 4.79 Å². The number of likely N-dealkylation sites (tertiary alicyclic amines) is 1. The molecule has 3 aromatic rings. The van der Waals surface area contributed by atoms with E-state index in [1.54, 1.807) is 4.90 Å². The Labute approximate surface area is 259 Å². The van der Waals surface area contributed by atoms with E-state index in [0.717, 1.165) is 5.56 Å². The highest BCUT2D eigenvalue weighted by Crippen LogP contribution is 2.40. The van der Waals surface area contributed by atoms with Gasteiger partial charge in [-0.2, -0.15) is 5.06 Å². The standard InChI is InChI=1S/C36H48N2O4Si/c1-8-18-32(38(40)26-28-19-12-9-13-20-28)33-25-29(27-37(33)34(39)41-35(2,3)4)42-43(36(5,6)7,30-21-14-10-15-22-30)31-23-16-11-17-24-31/h8-17,19-24,29,32-33,40H,1,18,25-27H2,2-7H3/t29-,32+,33+/m1/s1. The Hall–Kier alpha value is -3.23. The number of ether oxygens (including phenoxy) is 1. The van der Waals surface area contributed by atoms with Crippen LogP contribution in [0, 0.1) is 0 Å². The maximum Gasteiger partial charge on any atom is 0.410 e. The number of nitrogens with zero attached hydrogens (tertiary/aromatic N) is 2. The maximum atomic E-state index is 13.7. The first-order valence-electron chi connectivity index (χ1n) is 15.2. The van der Waals surface area contributed by atoms with E-state index in [2.05, 4.69) is 75.9 Å². The molecule has 7 heteroatoms. The van der Waals surface area contributed by atoms with E-state index >= 15 is 0 Å². The highest BCUT2D eigenvalue weighted by Gasteiger charge is 2.54. The minimum absolute atomic E-state index is 0.207. The number of hydrogen-bond donors (Lipinski definition) is 1. The largest absolute Gasteiger partial charge is 0.444 e. The molecule has 3 atom stereocenters. The summed E-state index contributed by atoms with van der Waals surface area (Å²) < 4.78 is 13.4. The van der Waals surface area contributed by atoms with Gasteiger partial charge in [-0.05, 0) is 54.6 Å². The molecule has 0 aromatic heterocycles. The SMILES string of the molecule is C=CC[C@@H]([C@@H]1C[C@@H](O[Si](c2ccccc2)(c2ccccc2)C(C)(C)C)CN1C(=O)OC(C)(C)C)N(O)Cc1ccccc1. The predicted octanol–water partition coefficient (Wildman–Crippen LogP) is 6.78. The molecule has 0 saturated carbocycles. The molecule has 43 heavy (non-hydrogen) atoms. The molecular formula is C36H48N2O4Si. The van der Waals surface area contributed by atoms with Gasteiger partial charge in [-0.15, -0.1) is 6.58 Å². The minimum Gasteiger partial charge on any atom is -0.444 e. The monoisotopic (exact) mass is 600 g/mol. The van der Waals surface area contributed by atoms with Crippen LogP contribution in [-0.4, -0.2) is 59.9 Å². The summed E-state index contributed by atoms with van der Waals surface area (Å²) in [5.41, 5.74) is 0.330. The summed E-state index contributed by atoms with van der Waals surface area (Å²) in [5.74, 6) is 0. The molecule has 0 bridgehead atoms. The number of carbonyl (C=O) groups excluding carboxylic acids is 1. The zero-order valence-corrected chi connectivity index (χ0v) is 27.6. The van der Waals surface area contributed by atoms with Gasteiger partial charge in [-0.3, -0.25) is 0 Å². The fraction of sp³-hybridized carbons (Fsp3) is 0.417. The number of hydroxylamine groups is 2. The van der Waals surface area contributed by atoms with Crippen molar-refractivity contribution in [3.8, 4) is 0 Å². The van der Waals surface area contributed by atoms with Crippen LogP contribution in [0.25, 0.3) is 0 Å². The molecule has 4 rings (SSSR count). The van der Waals surface area contributed by atoms with E-state index in [9.17, 15) is 10.0 Å². The molecule has 1 amide bonds. The highest BCUT2D eigenvalue weighted by molar-refractivity contribution is 6.99. The van der Waals surface area contributed by atoms with Crippen LogP contribution in [0.4, 0.5) is 4.79 Å². The summed E-state index contributed by atoms with van der Waals surface area (Å²) >= 11 is 0. The van der Waals surface area contributed by atoms with E-state index in [0.29, 0.717) is 25.9 Å². The Morgan fingerprint density at radius 1 is 0.953 bits per heavy atom. The molecule has 1 aliphatic rings. The van der Waals surface area contributed by atoms with E-state index in [1.165, 1.54) is 15.4 Å². The number of amides is 1. The first-order chi connectivity index (χ1) is 20.4. The van der Waals surface area contributed by atoms with Gasteiger partial charge in [0.25, 0.3) is 8.32 Å². The van der Waals surface area contributed by atoms with Crippen molar-refractivity contribution in [2.75, 3.05) is 6.54 Å². The molecule has 1 saturated heterocycles. The lowest BCUT2D eigenvalue weighted by atomic mass is 10.0. The summed E-state index contributed by atoms with van der Waals surface area (Å²) in [7, 11) is -2.87. The van der Waals surface area contributed by atoms with Crippen molar-refractivity contribution in [3.63, 3.8) is 0 Å². The van der Waals surface area contributed by atoms with Gasteiger partial charge < -0.3 is 19.3 Å². The Balaban J connectivity index is 1.75. The van der Waals surface area contributed by atoms with Gasteiger partial charge in [0.2, 0.25) is 0 Å². The van der Waals surface area contributed by atoms with Crippen LogP contribution in [0.1, 0.15) is 59.9 Å². The van der Waals surface area contributed by atoms with Gasteiger partial charge in [-0.1, -0.05) is 118 Å². The minimum atomic E-state index is -2.87. The molecule has 0 aliphatic carbocycles. The van der Waals surface area contributed by atoms with Crippen molar-refractivity contribution >= 4 is 24.8 Å². The van der Waals surface area contributed by atoms with E-state index in [1.807, 2.05) is 69.3 Å². The van der Waals surface area contributed by atoms with Crippen LogP contribution >= 0.6 is 0 Å². The molecule has 1 N–H and O–H groups in total. The van der Waals surface area contributed by atoms with E-state index in [-0.39, 0.29) is 17.2 Å². The Kier molecular flexibility index (Phi) is 10.3. The van der Waals surface area contributed by atoms with Crippen molar-refractivity contribution in [1.29, 1.82) is 0 Å². The average molecular weight is 601 g/mol. The molecule has 1 aliphatic heterocycles.